The minimum Gasteiger partial charge on any atom is -0.375 e. The maximum absolute atomic E-state index is 6.49. The maximum Gasteiger partial charge on any atom is 0.147 e. The molecule has 264 valence electrons. The predicted molar refractivity (Wildman–Crippen MR) is 192 cm³/mol. The summed E-state index contributed by atoms with van der Waals surface area (Å²) in [4.78, 5) is 20.0. The number of ether oxygens (including phenoxy) is 2. The van der Waals surface area contributed by atoms with E-state index in [2.05, 4.69) is 88.8 Å². The van der Waals surface area contributed by atoms with E-state index in [-0.39, 0.29) is 16.6 Å². The van der Waals surface area contributed by atoms with Gasteiger partial charge in [0.1, 0.15) is 5.82 Å². The molecule has 1 aromatic heterocycles. The lowest BCUT2D eigenvalue weighted by Crippen LogP contribution is -2.49. The van der Waals surface area contributed by atoms with E-state index in [1.165, 1.54) is 51.9 Å². The molecule has 0 aliphatic carbocycles. The molecule has 3 aliphatic heterocycles. The van der Waals surface area contributed by atoms with E-state index in [1.54, 1.807) is 0 Å². The van der Waals surface area contributed by atoms with Crippen LogP contribution in [-0.2, 0) is 14.9 Å². The highest BCUT2D eigenvalue weighted by molar-refractivity contribution is 5.37. The van der Waals surface area contributed by atoms with Crippen molar-refractivity contribution in [2.75, 3.05) is 83.6 Å². The van der Waals surface area contributed by atoms with Crippen molar-refractivity contribution in [3.8, 4) is 0 Å². The standard InChI is InChI=1S/C38H70N6O2/c1-35(2,3)31-11-19-43(20-12-31)32-13-17-41(18-14-32)26-28-46-38(9,10)16-15-37(7,8)33-29-40-34(30-39-33)44-23-21-42(22-24-44)25-27-45-36(4,5)6/h29-32H,11-28H2,1-10H3. The van der Waals surface area contributed by atoms with E-state index in [0.717, 1.165) is 88.8 Å². The van der Waals surface area contributed by atoms with Crippen molar-refractivity contribution < 1.29 is 9.47 Å². The lowest BCUT2D eigenvalue weighted by molar-refractivity contribution is -0.0398. The molecular formula is C38H70N6O2. The van der Waals surface area contributed by atoms with E-state index >= 15 is 0 Å². The molecule has 0 amide bonds. The van der Waals surface area contributed by atoms with Crippen molar-refractivity contribution in [3.63, 3.8) is 0 Å². The van der Waals surface area contributed by atoms with Gasteiger partial charge in [-0.15, -0.1) is 0 Å². The van der Waals surface area contributed by atoms with Gasteiger partial charge in [0.05, 0.1) is 42.5 Å². The van der Waals surface area contributed by atoms with Crippen molar-refractivity contribution in [1.82, 2.24) is 24.7 Å². The minimum atomic E-state index is -0.155. The van der Waals surface area contributed by atoms with Crippen molar-refractivity contribution >= 4 is 5.82 Å². The van der Waals surface area contributed by atoms with Crippen LogP contribution in [0.1, 0.15) is 113 Å². The number of hydrogen-bond acceptors (Lipinski definition) is 8. The van der Waals surface area contributed by atoms with Gasteiger partial charge in [-0.2, -0.15) is 0 Å². The quantitative estimate of drug-likeness (QED) is 0.242. The molecule has 8 heteroatoms. The zero-order valence-electron chi connectivity index (χ0n) is 31.5. The molecule has 0 aromatic carbocycles. The predicted octanol–water partition coefficient (Wildman–Crippen LogP) is 6.49. The van der Waals surface area contributed by atoms with Crippen molar-refractivity contribution in [2.24, 2.45) is 11.3 Å². The first-order valence-corrected chi connectivity index (χ1v) is 18.5. The van der Waals surface area contributed by atoms with E-state index in [9.17, 15) is 0 Å². The monoisotopic (exact) mass is 643 g/mol. The molecule has 3 saturated heterocycles. The van der Waals surface area contributed by atoms with Gasteiger partial charge < -0.3 is 24.2 Å². The highest BCUT2D eigenvalue weighted by atomic mass is 16.5. The molecule has 0 atom stereocenters. The van der Waals surface area contributed by atoms with Gasteiger partial charge in [0, 0.05) is 50.7 Å². The highest BCUT2D eigenvalue weighted by Crippen LogP contribution is 2.36. The molecule has 0 radical (unpaired) electrons. The first-order chi connectivity index (χ1) is 21.5. The Balaban J connectivity index is 1.12. The van der Waals surface area contributed by atoms with Crippen molar-refractivity contribution in [2.45, 2.75) is 130 Å². The van der Waals surface area contributed by atoms with Gasteiger partial charge in [0.15, 0.2) is 0 Å². The third kappa shape index (κ3) is 11.7. The lowest BCUT2D eigenvalue weighted by Gasteiger charge is -2.44. The number of hydrogen-bond donors (Lipinski definition) is 0. The van der Waals surface area contributed by atoms with Gasteiger partial charge >= 0.3 is 0 Å². The van der Waals surface area contributed by atoms with Gasteiger partial charge in [-0.1, -0.05) is 34.6 Å². The lowest BCUT2D eigenvalue weighted by atomic mass is 9.75. The summed E-state index contributed by atoms with van der Waals surface area (Å²) >= 11 is 0. The van der Waals surface area contributed by atoms with Crippen LogP contribution >= 0.6 is 0 Å². The Labute approximate surface area is 283 Å². The molecule has 3 aliphatic rings. The third-order valence-electron chi connectivity index (χ3n) is 11.1. The van der Waals surface area contributed by atoms with Crippen LogP contribution in [0.3, 0.4) is 0 Å². The van der Waals surface area contributed by atoms with Crippen LogP contribution in [0.15, 0.2) is 12.4 Å². The SMILES string of the molecule is CC(C)(C)OCCN1CCN(c2cnc(C(C)(C)CCC(C)(C)OCCN3CCC(N4CCC(C(C)(C)C)CC4)CC3)cn2)CC1. The molecule has 0 unspecified atom stereocenters. The van der Waals surface area contributed by atoms with E-state index in [0.29, 0.717) is 5.41 Å². The van der Waals surface area contributed by atoms with Crippen LogP contribution in [0.4, 0.5) is 5.82 Å². The van der Waals surface area contributed by atoms with E-state index < -0.39 is 0 Å². The molecular weight excluding hydrogens is 572 g/mol. The molecule has 0 bridgehead atoms. The van der Waals surface area contributed by atoms with Gasteiger partial charge in [0.2, 0.25) is 0 Å². The summed E-state index contributed by atoms with van der Waals surface area (Å²) < 4.78 is 12.4. The van der Waals surface area contributed by atoms with Gasteiger partial charge in [-0.3, -0.25) is 9.88 Å². The zero-order chi connectivity index (χ0) is 33.6. The Kier molecular flexibility index (Phi) is 13.0. The summed E-state index contributed by atoms with van der Waals surface area (Å²) in [6, 6.07) is 0.781. The molecule has 1 aromatic rings. The normalized spacial score (nSPS) is 21.3. The average Bonchev–Trinajstić information content (AvgIpc) is 3.00. The number of likely N-dealkylation sites (tertiary alicyclic amines) is 2. The molecule has 3 fully saturated rings. The van der Waals surface area contributed by atoms with Crippen LogP contribution in [0.2, 0.25) is 0 Å². The topological polar surface area (TPSA) is 57.2 Å². The molecule has 46 heavy (non-hydrogen) atoms. The zero-order valence-corrected chi connectivity index (χ0v) is 31.5. The largest absolute Gasteiger partial charge is 0.375 e. The second kappa shape index (κ2) is 15.9. The van der Waals surface area contributed by atoms with Crippen LogP contribution in [0.25, 0.3) is 0 Å². The number of rotatable bonds is 13. The van der Waals surface area contributed by atoms with Crippen LogP contribution in [0, 0.1) is 11.3 Å². The van der Waals surface area contributed by atoms with E-state index in [1.807, 2.05) is 12.4 Å². The van der Waals surface area contributed by atoms with Crippen LogP contribution in [-0.4, -0.2) is 121 Å². The van der Waals surface area contributed by atoms with Crippen molar-refractivity contribution in [1.29, 1.82) is 0 Å². The first kappa shape index (κ1) is 37.5. The van der Waals surface area contributed by atoms with Crippen LogP contribution in [0.5, 0.6) is 0 Å². The van der Waals surface area contributed by atoms with E-state index in [4.69, 9.17) is 19.4 Å². The van der Waals surface area contributed by atoms with Gasteiger partial charge in [0.25, 0.3) is 0 Å². The smallest absolute Gasteiger partial charge is 0.147 e. The fourth-order valence-corrected chi connectivity index (χ4v) is 7.42. The molecule has 0 N–H and O–H groups in total. The fraction of sp³-hybridized carbons (Fsp3) is 0.895. The summed E-state index contributed by atoms with van der Waals surface area (Å²) in [6.07, 6.45) is 11.3. The Morgan fingerprint density at radius 1 is 0.652 bits per heavy atom. The molecule has 4 rings (SSSR count). The van der Waals surface area contributed by atoms with Crippen molar-refractivity contribution in [3.05, 3.63) is 18.1 Å². The molecule has 0 spiro atoms. The Hall–Kier alpha value is -1.32. The second-order valence-corrected chi connectivity index (χ2v) is 17.8. The number of nitrogens with zero attached hydrogens (tertiary/aromatic N) is 6. The summed E-state index contributed by atoms with van der Waals surface area (Å²) in [6.45, 7) is 35.3. The highest BCUT2D eigenvalue weighted by Gasteiger charge is 2.33. The second-order valence-electron chi connectivity index (χ2n) is 17.8. The average molecular weight is 643 g/mol. The molecule has 4 heterocycles. The first-order valence-electron chi connectivity index (χ1n) is 18.5. The third-order valence-corrected chi connectivity index (χ3v) is 11.1. The summed E-state index contributed by atoms with van der Waals surface area (Å²) in [5, 5.41) is 0. The van der Waals surface area contributed by atoms with Gasteiger partial charge in [-0.05, 0) is 111 Å². The molecule has 8 nitrogen and oxygen atoms in total. The van der Waals surface area contributed by atoms with Gasteiger partial charge in [-0.25, -0.2) is 4.98 Å². The summed E-state index contributed by atoms with van der Waals surface area (Å²) in [5.74, 6) is 1.87. The Bertz CT molecular complexity index is 1020. The fourth-order valence-electron chi connectivity index (χ4n) is 7.42. The van der Waals surface area contributed by atoms with Crippen LogP contribution < -0.4 is 4.90 Å². The minimum absolute atomic E-state index is 0.0544. The summed E-state index contributed by atoms with van der Waals surface area (Å²) in [7, 11) is 0. The number of anilines is 1. The number of aromatic nitrogens is 2. The number of piperazine rings is 1. The maximum atomic E-state index is 6.49. The summed E-state index contributed by atoms with van der Waals surface area (Å²) in [5.41, 5.74) is 1.24. The molecule has 0 saturated carbocycles. The number of piperidine rings is 2. The Morgan fingerprint density at radius 2 is 1.24 bits per heavy atom. The Morgan fingerprint density at radius 3 is 1.78 bits per heavy atom.